The van der Waals surface area contributed by atoms with Gasteiger partial charge in [0.15, 0.2) is 6.10 Å². The maximum atomic E-state index is 14.6. The first-order valence-corrected chi connectivity index (χ1v) is 8.56. The van der Waals surface area contributed by atoms with Crippen LogP contribution in [0, 0.1) is 5.41 Å². The molecule has 1 saturated heterocycles. The van der Waals surface area contributed by atoms with Crippen molar-refractivity contribution >= 4 is 11.9 Å². The van der Waals surface area contributed by atoms with E-state index >= 15 is 0 Å². The largest absolute Gasteiger partial charge is 0.453 e. The molecule has 1 heterocycles. The van der Waals surface area contributed by atoms with Crippen molar-refractivity contribution in [3.63, 3.8) is 0 Å². The number of ether oxygens (including phenoxy) is 4. The summed E-state index contributed by atoms with van der Waals surface area (Å²) in [7, 11) is 1.24. The number of carbonyl (C=O) groups is 2. The number of rotatable bonds is 4. The topological polar surface area (TPSA) is 91.3 Å². The third-order valence-electron chi connectivity index (χ3n) is 4.16. The molecule has 0 radical (unpaired) electrons. The lowest BCUT2D eigenvalue weighted by atomic mass is 9.95. The van der Waals surface area contributed by atoms with E-state index in [0.717, 1.165) is 0 Å². The lowest BCUT2D eigenvalue weighted by molar-refractivity contribution is -0.400. The lowest BCUT2D eigenvalue weighted by Gasteiger charge is -2.44. The number of hydrogen-bond acceptors (Lipinski definition) is 7. The third-order valence-corrected chi connectivity index (χ3v) is 4.16. The van der Waals surface area contributed by atoms with Crippen LogP contribution in [0.3, 0.4) is 0 Å². The van der Waals surface area contributed by atoms with E-state index in [4.69, 9.17) is 18.9 Å². The SMILES string of the molecule is CO[C@H]1[C@H](OC(=O)c2ccccc2)[C@@H](C)OC(O)(F)[C@@H]1OC(=O)C(C)(C)C. The van der Waals surface area contributed by atoms with Crippen LogP contribution in [0.1, 0.15) is 38.1 Å². The van der Waals surface area contributed by atoms with E-state index in [2.05, 4.69) is 0 Å². The number of methoxy groups -OCH3 is 1. The van der Waals surface area contributed by atoms with Gasteiger partial charge in [0.05, 0.1) is 11.0 Å². The van der Waals surface area contributed by atoms with Crippen LogP contribution in [0.4, 0.5) is 4.39 Å². The number of hydrogen-bond donors (Lipinski definition) is 1. The maximum absolute atomic E-state index is 14.6. The first-order valence-electron chi connectivity index (χ1n) is 8.56. The van der Waals surface area contributed by atoms with Crippen molar-refractivity contribution in [3.05, 3.63) is 35.9 Å². The summed E-state index contributed by atoms with van der Waals surface area (Å²) in [6.45, 7) is 6.15. The van der Waals surface area contributed by atoms with Crippen molar-refractivity contribution in [2.75, 3.05) is 7.11 Å². The molecule has 0 aliphatic carbocycles. The van der Waals surface area contributed by atoms with E-state index in [1.807, 2.05) is 0 Å². The second kappa shape index (κ2) is 7.92. The lowest BCUT2D eigenvalue weighted by Crippen LogP contribution is -2.65. The number of benzene rings is 1. The summed E-state index contributed by atoms with van der Waals surface area (Å²) in [6.07, 6.45) is -5.28. The Morgan fingerprint density at radius 1 is 1.15 bits per heavy atom. The number of aliphatic hydroxyl groups is 1. The van der Waals surface area contributed by atoms with Crippen molar-refractivity contribution in [2.45, 2.75) is 58.2 Å². The minimum absolute atomic E-state index is 0.281. The fraction of sp³-hybridized carbons (Fsp3) is 0.579. The van der Waals surface area contributed by atoms with Gasteiger partial charge in [-0.3, -0.25) is 4.79 Å². The highest BCUT2D eigenvalue weighted by Crippen LogP contribution is 2.36. The molecule has 0 saturated carbocycles. The van der Waals surface area contributed by atoms with Gasteiger partial charge in [-0.15, -0.1) is 0 Å². The maximum Gasteiger partial charge on any atom is 0.359 e. The minimum Gasteiger partial charge on any atom is -0.453 e. The summed E-state index contributed by atoms with van der Waals surface area (Å²) in [4.78, 5) is 24.6. The molecule has 1 unspecified atom stereocenters. The first-order chi connectivity index (χ1) is 12.5. The third kappa shape index (κ3) is 4.82. The molecule has 0 amide bonds. The highest BCUT2D eigenvalue weighted by atomic mass is 19.2. The van der Waals surface area contributed by atoms with Crippen molar-refractivity contribution < 1.29 is 38.0 Å². The van der Waals surface area contributed by atoms with Gasteiger partial charge < -0.3 is 24.1 Å². The normalized spacial score (nSPS) is 31.2. The molecule has 27 heavy (non-hydrogen) atoms. The van der Waals surface area contributed by atoms with Crippen molar-refractivity contribution in [3.8, 4) is 0 Å². The van der Waals surface area contributed by atoms with E-state index in [1.54, 1.807) is 51.1 Å². The molecule has 1 N–H and O–H groups in total. The van der Waals surface area contributed by atoms with Crippen LogP contribution in [0.5, 0.6) is 0 Å². The summed E-state index contributed by atoms with van der Waals surface area (Å²) in [5, 5.41) is 10.0. The Bertz CT molecular complexity index is 668. The zero-order chi connectivity index (χ0) is 20.4. The van der Waals surface area contributed by atoms with Crippen molar-refractivity contribution in [1.82, 2.24) is 0 Å². The molecule has 8 heteroatoms. The molecule has 5 atom stereocenters. The Kier molecular flexibility index (Phi) is 6.24. The second-order valence-corrected chi connectivity index (χ2v) is 7.44. The van der Waals surface area contributed by atoms with E-state index in [0.29, 0.717) is 0 Å². The average Bonchev–Trinajstić information content (AvgIpc) is 2.58. The van der Waals surface area contributed by atoms with E-state index in [1.165, 1.54) is 14.0 Å². The predicted molar refractivity (Wildman–Crippen MR) is 92.4 cm³/mol. The van der Waals surface area contributed by atoms with E-state index in [-0.39, 0.29) is 5.56 Å². The van der Waals surface area contributed by atoms with Crippen LogP contribution >= 0.6 is 0 Å². The Labute approximate surface area is 157 Å². The van der Waals surface area contributed by atoms with Crippen molar-refractivity contribution in [2.24, 2.45) is 5.41 Å². The summed E-state index contributed by atoms with van der Waals surface area (Å²) in [6, 6.07) is 4.89. The monoisotopic (exact) mass is 384 g/mol. The van der Waals surface area contributed by atoms with Crippen LogP contribution in [-0.4, -0.2) is 54.6 Å². The van der Waals surface area contributed by atoms with Crippen molar-refractivity contribution in [1.29, 1.82) is 0 Å². The molecule has 7 nitrogen and oxygen atoms in total. The number of esters is 2. The average molecular weight is 384 g/mol. The standard InChI is InChI=1S/C19H25FO7/c1-11-13(25-16(21)12-9-7-6-8-10-12)14(24-5)15(19(20,23)27-11)26-17(22)18(2,3)4/h6-11,13-15,23H,1-5H3/t11-,13-,14+,15-,19?/m1/s1. The van der Waals surface area contributed by atoms with Gasteiger partial charge in [0, 0.05) is 7.11 Å². The molecule has 1 aliphatic heterocycles. The molecular formula is C19H25FO7. The summed E-state index contributed by atoms with van der Waals surface area (Å²) in [5.41, 5.74) is -0.669. The zero-order valence-corrected chi connectivity index (χ0v) is 16.0. The van der Waals surface area contributed by atoms with Gasteiger partial charge in [-0.1, -0.05) is 18.2 Å². The zero-order valence-electron chi connectivity index (χ0n) is 16.0. The fourth-order valence-corrected chi connectivity index (χ4v) is 2.66. The van der Waals surface area contributed by atoms with Crippen LogP contribution < -0.4 is 0 Å². The number of alkyl halides is 1. The van der Waals surface area contributed by atoms with Gasteiger partial charge in [0.25, 0.3) is 0 Å². The molecule has 0 bridgehead atoms. The van der Waals surface area contributed by atoms with Gasteiger partial charge in [0.1, 0.15) is 12.2 Å². The molecule has 1 aromatic rings. The molecule has 0 aromatic heterocycles. The minimum atomic E-state index is -3.29. The Hall–Kier alpha value is -2.03. The molecular weight excluding hydrogens is 359 g/mol. The summed E-state index contributed by atoms with van der Waals surface area (Å²) in [5.74, 6) is -1.44. The molecule has 150 valence electrons. The summed E-state index contributed by atoms with van der Waals surface area (Å²) >= 11 is 0. The summed E-state index contributed by atoms with van der Waals surface area (Å²) < 4.78 is 35.4. The fourth-order valence-electron chi connectivity index (χ4n) is 2.66. The van der Waals surface area contributed by atoms with Gasteiger partial charge >= 0.3 is 18.0 Å². The van der Waals surface area contributed by atoms with E-state index < -0.39 is 47.8 Å². The Morgan fingerprint density at radius 2 is 1.74 bits per heavy atom. The molecule has 1 aliphatic rings. The Morgan fingerprint density at radius 3 is 2.26 bits per heavy atom. The molecule has 2 rings (SSSR count). The predicted octanol–water partition coefficient (Wildman–Crippen LogP) is 2.22. The first kappa shape index (κ1) is 21.3. The van der Waals surface area contributed by atoms with E-state index in [9.17, 15) is 19.1 Å². The van der Waals surface area contributed by atoms with Gasteiger partial charge in [-0.25, -0.2) is 4.79 Å². The van der Waals surface area contributed by atoms with Crippen LogP contribution in [0.2, 0.25) is 0 Å². The molecule has 0 spiro atoms. The number of halogens is 1. The highest BCUT2D eigenvalue weighted by Gasteiger charge is 2.58. The molecule has 1 fully saturated rings. The second-order valence-electron chi connectivity index (χ2n) is 7.44. The van der Waals surface area contributed by atoms with Crippen LogP contribution in [0.25, 0.3) is 0 Å². The van der Waals surface area contributed by atoms with Crippen LogP contribution in [0.15, 0.2) is 30.3 Å². The number of carbonyl (C=O) groups excluding carboxylic acids is 2. The smallest absolute Gasteiger partial charge is 0.359 e. The highest BCUT2D eigenvalue weighted by molar-refractivity contribution is 5.89. The quantitative estimate of drug-likeness (QED) is 0.796. The van der Waals surface area contributed by atoms with Crippen LogP contribution in [-0.2, 0) is 23.7 Å². The molecule has 1 aromatic carbocycles. The Balaban J connectivity index is 2.26. The van der Waals surface area contributed by atoms with Gasteiger partial charge in [-0.05, 0) is 39.8 Å². The van der Waals surface area contributed by atoms with Gasteiger partial charge in [0.2, 0.25) is 6.10 Å². The van der Waals surface area contributed by atoms with Gasteiger partial charge in [-0.2, -0.15) is 4.39 Å².